The molecule has 0 radical (unpaired) electrons. The number of ether oxygens (including phenoxy) is 2. The van der Waals surface area contributed by atoms with Gasteiger partial charge in [-0.2, -0.15) is 0 Å². The second-order valence-corrected chi connectivity index (χ2v) is 9.84. The van der Waals surface area contributed by atoms with Gasteiger partial charge in [0.15, 0.2) is 5.17 Å². The third-order valence-electron chi connectivity index (χ3n) is 4.68. The third-order valence-corrected chi connectivity index (χ3v) is 6.77. The standard InChI is InChI=1S/C25H19Br2FN2O3S/c1-2-32-18-9-7-17(8-10-18)29-25-30-24(31)22(34-25)13-15-11-19(26)23(20(27)12-15)33-14-16-5-3-4-6-21(16)28/h3-13H,2,14H2,1H3,(H,29,30,31)/b22-13+. The monoisotopic (exact) mass is 604 g/mol. The first kappa shape index (κ1) is 24.5. The lowest BCUT2D eigenvalue weighted by atomic mass is 10.2. The zero-order valence-corrected chi connectivity index (χ0v) is 22.0. The van der Waals surface area contributed by atoms with Crippen LogP contribution in [-0.2, 0) is 11.4 Å². The number of thioether (sulfide) groups is 1. The summed E-state index contributed by atoms with van der Waals surface area (Å²) in [7, 11) is 0. The molecule has 34 heavy (non-hydrogen) atoms. The van der Waals surface area contributed by atoms with Gasteiger partial charge in [-0.05, 0) is 105 Å². The number of benzene rings is 3. The minimum atomic E-state index is -0.317. The van der Waals surface area contributed by atoms with Gasteiger partial charge < -0.3 is 14.8 Å². The van der Waals surface area contributed by atoms with Crippen molar-refractivity contribution in [2.75, 3.05) is 6.61 Å². The lowest BCUT2D eigenvalue weighted by Gasteiger charge is -2.12. The number of carbonyl (C=O) groups is 1. The summed E-state index contributed by atoms with van der Waals surface area (Å²) in [6.45, 7) is 2.61. The molecule has 4 rings (SSSR count). The molecule has 0 aliphatic carbocycles. The number of hydrogen-bond donors (Lipinski definition) is 1. The lowest BCUT2D eigenvalue weighted by Crippen LogP contribution is -2.19. The molecule has 1 fully saturated rings. The van der Waals surface area contributed by atoms with E-state index in [1.807, 2.05) is 43.3 Å². The molecule has 1 amide bonds. The molecule has 0 aromatic heterocycles. The van der Waals surface area contributed by atoms with E-state index in [9.17, 15) is 9.18 Å². The van der Waals surface area contributed by atoms with Crippen molar-refractivity contribution in [3.05, 3.63) is 91.5 Å². The van der Waals surface area contributed by atoms with Crippen LogP contribution in [0.15, 0.2) is 79.5 Å². The van der Waals surface area contributed by atoms with Gasteiger partial charge in [0.1, 0.15) is 23.9 Å². The number of nitrogens with one attached hydrogen (secondary N) is 1. The number of nitrogens with zero attached hydrogens (tertiary/aromatic N) is 1. The second-order valence-electron chi connectivity index (χ2n) is 7.10. The minimum Gasteiger partial charge on any atom is -0.494 e. The molecule has 1 heterocycles. The maximum absolute atomic E-state index is 13.9. The van der Waals surface area contributed by atoms with Crippen LogP contribution in [0.25, 0.3) is 6.08 Å². The molecule has 0 bridgehead atoms. The molecule has 174 valence electrons. The van der Waals surface area contributed by atoms with Crippen molar-refractivity contribution < 1.29 is 18.7 Å². The molecule has 1 aliphatic rings. The average Bonchev–Trinajstić information content (AvgIpc) is 3.14. The Morgan fingerprint density at radius 2 is 1.76 bits per heavy atom. The predicted octanol–water partition coefficient (Wildman–Crippen LogP) is 7.22. The van der Waals surface area contributed by atoms with Gasteiger partial charge in [0.25, 0.3) is 5.91 Å². The molecule has 3 aromatic rings. The number of halogens is 3. The topological polar surface area (TPSA) is 59.9 Å². The highest BCUT2D eigenvalue weighted by atomic mass is 79.9. The second kappa shape index (κ2) is 11.2. The summed E-state index contributed by atoms with van der Waals surface area (Å²) in [6.07, 6.45) is 1.77. The quantitative estimate of drug-likeness (QED) is 0.289. The summed E-state index contributed by atoms with van der Waals surface area (Å²) in [5.41, 5.74) is 1.97. The Bertz CT molecular complexity index is 1260. The zero-order valence-electron chi connectivity index (χ0n) is 18.0. The van der Waals surface area contributed by atoms with E-state index in [4.69, 9.17) is 9.47 Å². The summed E-state index contributed by atoms with van der Waals surface area (Å²) in [5.74, 6) is 0.782. The Kier molecular flexibility index (Phi) is 8.07. The molecule has 0 unspecified atom stereocenters. The maximum Gasteiger partial charge on any atom is 0.264 e. The molecule has 3 aromatic carbocycles. The molecular weight excluding hydrogens is 587 g/mol. The van der Waals surface area contributed by atoms with Crippen LogP contribution in [0.4, 0.5) is 10.1 Å². The number of aliphatic imine (C=N–C) groups is 1. The highest BCUT2D eigenvalue weighted by Crippen LogP contribution is 2.37. The molecular formula is C25H19Br2FN2O3S. The van der Waals surface area contributed by atoms with Crippen molar-refractivity contribution in [2.45, 2.75) is 13.5 Å². The molecule has 1 saturated heterocycles. The molecule has 0 saturated carbocycles. The van der Waals surface area contributed by atoms with Crippen LogP contribution < -0.4 is 14.8 Å². The molecule has 1 N–H and O–H groups in total. The lowest BCUT2D eigenvalue weighted by molar-refractivity contribution is -0.115. The largest absolute Gasteiger partial charge is 0.494 e. The fourth-order valence-corrected chi connectivity index (χ4v) is 5.39. The van der Waals surface area contributed by atoms with Crippen LogP contribution in [0.1, 0.15) is 18.1 Å². The van der Waals surface area contributed by atoms with Crippen molar-refractivity contribution in [3.8, 4) is 11.5 Å². The van der Waals surface area contributed by atoms with Crippen molar-refractivity contribution in [1.82, 2.24) is 5.32 Å². The molecule has 0 atom stereocenters. The van der Waals surface area contributed by atoms with Gasteiger partial charge in [-0.1, -0.05) is 18.2 Å². The van der Waals surface area contributed by atoms with Crippen molar-refractivity contribution in [3.63, 3.8) is 0 Å². The number of carbonyl (C=O) groups excluding carboxylic acids is 1. The van der Waals surface area contributed by atoms with E-state index in [0.717, 1.165) is 11.3 Å². The van der Waals surface area contributed by atoms with Gasteiger partial charge in [0, 0.05) is 5.56 Å². The van der Waals surface area contributed by atoms with Gasteiger partial charge in [-0.15, -0.1) is 0 Å². The van der Waals surface area contributed by atoms with Gasteiger partial charge in [0.2, 0.25) is 0 Å². The Morgan fingerprint density at radius 1 is 1.06 bits per heavy atom. The van der Waals surface area contributed by atoms with Crippen molar-refractivity contribution >= 4 is 66.5 Å². The molecule has 1 aliphatic heterocycles. The van der Waals surface area contributed by atoms with Crippen LogP contribution in [0.2, 0.25) is 0 Å². The van der Waals surface area contributed by atoms with E-state index in [2.05, 4.69) is 42.2 Å². The first-order chi connectivity index (χ1) is 16.4. The number of amides is 1. The van der Waals surface area contributed by atoms with Crippen molar-refractivity contribution in [2.24, 2.45) is 4.99 Å². The van der Waals surface area contributed by atoms with Crippen LogP contribution in [-0.4, -0.2) is 17.7 Å². The maximum atomic E-state index is 13.9. The van der Waals surface area contributed by atoms with Gasteiger partial charge in [0.05, 0.1) is 26.1 Å². The van der Waals surface area contributed by atoms with E-state index in [1.54, 1.807) is 24.3 Å². The normalized spacial score (nSPS) is 15.6. The molecule has 5 nitrogen and oxygen atoms in total. The summed E-state index contributed by atoms with van der Waals surface area (Å²) in [4.78, 5) is 17.5. The average molecular weight is 606 g/mol. The summed E-state index contributed by atoms with van der Waals surface area (Å²) in [5, 5.41) is 3.29. The van der Waals surface area contributed by atoms with E-state index < -0.39 is 0 Å². The molecule has 0 spiro atoms. The fourth-order valence-electron chi connectivity index (χ4n) is 3.10. The zero-order chi connectivity index (χ0) is 24.1. The van der Waals surface area contributed by atoms with Gasteiger partial charge in [-0.3, -0.25) is 4.79 Å². The van der Waals surface area contributed by atoms with E-state index in [-0.39, 0.29) is 18.3 Å². The van der Waals surface area contributed by atoms with E-state index in [0.29, 0.717) is 42.6 Å². The van der Waals surface area contributed by atoms with Crippen LogP contribution in [0, 0.1) is 5.82 Å². The third kappa shape index (κ3) is 6.08. The number of hydrogen-bond acceptors (Lipinski definition) is 5. The number of rotatable bonds is 7. The summed E-state index contributed by atoms with van der Waals surface area (Å²) >= 11 is 8.28. The van der Waals surface area contributed by atoms with Crippen molar-refractivity contribution in [1.29, 1.82) is 0 Å². The van der Waals surface area contributed by atoms with Crippen LogP contribution in [0.5, 0.6) is 11.5 Å². The molecule has 9 heteroatoms. The number of amidine groups is 1. The Hall–Kier alpha value is -2.62. The Morgan fingerprint density at radius 3 is 2.44 bits per heavy atom. The first-order valence-electron chi connectivity index (χ1n) is 10.3. The minimum absolute atomic E-state index is 0.0912. The van der Waals surface area contributed by atoms with E-state index in [1.165, 1.54) is 17.8 Å². The highest BCUT2D eigenvalue weighted by molar-refractivity contribution is 9.11. The van der Waals surface area contributed by atoms with Gasteiger partial charge >= 0.3 is 0 Å². The fraction of sp³-hybridized carbons (Fsp3) is 0.120. The van der Waals surface area contributed by atoms with Crippen LogP contribution in [0.3, 0.4) is 0 Å². The Labute approximate surface area is 217 Å². The summed E-state index contributed by atoms with van der Waals surface area (Å²) in [6, 6.07) is 17.5. The summed E-state index contributed by atoms with van der Waals surface area (Å²) < 4.78 is 26.5. The first-order valence-corrected chi connectivity index (χ1v) is 12.7. The smallest absolute Gasteiger partial charge is 0.264 e. The van der Waals surface area contributed by atoms with E-state index >= 15 is 0 Å². The predicted molar refractivity (Wildman–Crippen MR) is 141 cm³/mol. The SMILES string of the molecule is CCOc1ccc(N=C2NC(=O)/C(=C\c3cc(Br)c(OCc4ccccc4F)c(Br)c3)S2)cc1. The van der Waals surface area contributed by atoms with Gasteiger partial charge in [-0.25, -0.2) is 9.38 Å². The Balaban J connectivity index is 1.48. The highest BCUT2D eigenvalue weighted by Gasteiger charge is 2.24. The van der Waals surface area contributed by atoms with Crippen LogP contribution >= 0.6 is 43.6 Å².